The lowest BCUT2D eigenvalue weighted by Crippen LogP contribution is -2.63. The van der Waals surface area contributed by atoms with Crippen LogP contribution in [0.15, 0.2) is 24.5 Å². The van der Waals surface area contributed by atoms with Crippen molar-refractivity contribution in [2.24, 2.45) is 0 Å². The van der Waals surface area contributed by atoms with Crippen molar-refractivity contribution in [2.75, 3.05) is 49.1 Å². The summed E-state index contributed by atoms with van der Waals surface area (Å²) in [4.78, 5) is 16.0. The smallest absolute Gasteiger partial charge is 0.225 e. The van der Waals surface area contributed by atoms with Crippen molar-refractivity contribution in [1.82, 2.24) is 25.1 Å². The first kappa shape index (κ1) is 15.9. The number of hydrogen-bond acceptors (Lipinski definition) is 7. The van der Waals surface area contributed by atoms with Crippen LogP contribution >= 0.6 is 0 Å². The molecule has 2 aliphatic heterocycles. The monoisotopic (exact) mass is 351 g/mol. The van der Waals surface area contributed by atoms with E-state index in [-0.39, 0.29) is 0 Å². The van der Waals surface area contributed by atoms with Gasteiger partial charge < -0.3 is 9.80 Å². The third-order valence-electron chi connectivity index (χ3n) is 5.91. The van der Waals surface area contributed by atoms with Gasteiger partial charge in [0.25, 0.3) is 0 Å². The van der Waals surface area contributed by atoms with E-state index in [0.29, 0.717) is 6.04 Å². The van der Waals surface area contributed by atoms with Crippen molar-refractivity contribution in [3.05, 3.63) is 35.8 Å². The second-order valence-corrected chi connectivity index (χ2v) is 7.51. The van der Waals surface area contributed by atoms with Crippen molar-refractivity contribution in [3.63, 3.8) is 0 Å². The molecule has 2 aromatic rings. The molecule has 26 heavy (non-hydrogen) atoms. The molecule has 4 heterocycles. The molecule has 0 radical (unpaired) electrons. The Morgan fingerprint density at radius 3 is 2.42 bits per heavy atom. The van der Waals surface area contributed by atoms with Gasteiger partial charge in [-0.15, -0.1) is 5.10 Å². The molecule has 0 unspecified atom stereocenters. The summed E-state index contributed by atoms with van der Waals surface area (Å²) in [6.07, 6.45) is 8.44. The Bertz CT molecular complexity index is 752. The Kier molecular flexibility index (Phi) is 4.16. The summed E-state index contributed by atoms with van der Waals surface area (Å²) in [5.74, 6) is 1.92. The van der Waals surface area contributed by atoms with E-state index in [1.54, 1.807) is 0 Å². The van der Waals surface area contributed by atoms with E-state index in [9.17, 15) is 0 Å². The van der Waals surface area contributed by atoms with E-state index in [2.05, 4.69) is 40.9 Å². The zero-order chi connectivity index (χ0) is 17.3. The molecule has 0 atom stereocenters. The molecule has 2 aromatic heterocycles. The summed E-state index contributed by atoms with van der Waals surface area (Å²) in [6.45, 7) is 6.28. The molecule has 0 amide bonds. The van der Waals surface area contributed by atoms with E-state index < -0.39 is 0 Å². The van der Waals surface area contributed by atoms with Gasteiger partial charge in [0.2, 0.25) is 5.95 Å². The summed E-state index contributed by atoms with van der Waals surface area (Å²) in [5, 5.41) is 8.96. The zero-order valence-corrected chi connectivity index (χ0v) is 15.1. The maximum Gasteiger partial charge on any atom is 0.225 e. The van der Waals surface area contributed by atoms with Crippen LogP contribution in [0.4, 0.5) is 11.8 Å². The summed E-state index contributed by atoms with van der Waals surface area (Å²) >= 11 is 0. The highest BCUT2D eigenvalue weighted by Crippen LogP contribution is 2.26. The molecule has 0 N–H and O–H groups in total. The van der Waals surface area contributed by atoms with Crippen molar-refractivity contribution in [1.29, 1.82) is 0 Å². The lowest BCUT2D eigenvalue weighted by molar-refractivity contribution is 0.156. The highest BCUT2D eigenvalue weighted by atomic mass is 15.4. The molecule has 5 rings (SSSR count). The molecule has 136 valence electrons. The fourth-order valence-corrected chi connectivity index (χ4v) is 4.25. The largest absolute Gasteiger partial charge is 0.352 e. The molecule has 1 aliphatic carbocycles. The van der Waals surface area contributed by atoms with Crippen LogP contribution in [0.3, 0.4) is 0 Å². The summed E-state index contributed by atoms with van der Waals surface area (Å²) in [6, 6.07) is 4.78. The SMILES string of the molecule is c1cnc(N2CCN(C3CN(c4cc5c(nn4)CCCC5)C3)CC2)nc1. The van der Waals surface area contributed by atoms with Crippen LogP contribution < -0.4 is 9.80 Å². The highest BCUT2D eigenvalue weighted by Gasteiger charge is 2.35. The quantitative estimate of drug-likeness (QED) is 0.822. The van der Waals surface area contributed by atoms with Gasteiger partial charge in [0, 0.05) is 57.7 Å². The number of fused-ring (bicyclic) bond motifs is 1. The van der Waals surface area contributed by atoms with Gasteiger partial charge in [-0.3, -0.25) is 4.90 Å². The first-order chi connectivity index (χ1) is 12.9. The number of hydrogen-bond donors (Lipinski definition) is 0. The average Bonchev–Trinajstić information content (AvgIpc) is 2.68. The third kappa shape index (κ3) is 3.00. The standard InChI is InChI=1S/C19H25N7/c1-2-5-17-15(4-1)12-18(23-22-17)26-13-16(14-26)24-8-10-25(11-9-24)19-20-6-3-7-21-19/h3,6-7,12,16H,1-2,4-5,8-11,13-14H2. The number of nitrogens with zero attached hydrogens (tertiary/aromatic N) is 7. The van der Waals surface area contributed by atoms with Crippen molar-refractivity contribution < 1.29 is 0 Å². The van der Waals surface area contributed by atoms with Gasteiger partial charge in [0.1, 0.15) is 0 Å². The summed E-state index contributed by atoms with van der Waals surface area (Å²) in [7, 11) is 0. The lowest BCUT2D eigenvalue weighted by Gasteiger charge is -2.48. The Hall–Kier alpha value is -2.28. The molecule has 0 aromatic carbocycles. The number of aromatic nitrogens is 4. The van der Waals surface area contributed by atoms with Crippen LogP contribution in [0.5, 0.6) is 0 Å². The molecule has 2 saturated heterocycles. The van der Waals surface area contributed by atoms with Crippen LogP contribution in [0.1, 0.15) is 24.1 Å². The molecule has 7 nitrogen and oxygen atoms in total. The maximum absolute atomic E-state index is 4.48. The van der Waals surface area contributed by atoms with Crippen LogP contribution in [-0.4, -0.2) is 70.4 Å². The number of aryl methyl sites for hydroxylation is 2. The third-order valence-corrected chi connectivity index (χ3v) is 5.91. The van der Waals surface area contributed by atoms with E-state index >= 15 is 0 Å². The minimum absolute atomic E-state index is 0.631. The van der Waals surface area contributed by atoms with Crippen molar-refractivity contribution in [2.45, 2.75) is 31.7 Å². The van der Waals surface area contributed by atoms with Gasteiger partial charge in [0.05, 0.1) is 5.69 Å². The maximum atomic E-state index is 4.48. The normalized spacial score (nSPS) is 21.4. The molecule has 0 saturated carbocycles. The van der Waals surface area contributed by atoms with Gasteiger partial charge in [-0.2, -0.15) is 5.10 Å². The van der Waals surface area contributed by atoms with Crippen LogP contribution in [0.25, 0.3) is 0 Å². The predicted molar refractivity (Wildman–Crippen MR) is 100 cm³/mol. The van der Waals surface area contributed by atoms with Gasteiger partial charge >= 0.3 is 0 Å². The molecular weight excluding hydrogens is 326 g/mol. The Morgan fingerprint density at radius 1 is 0.846 bits per heavy atom. The van der Waals surface area contributed by atoms with Crippen LogP contribution in [0.2, 0.25) is 0 Å². The molecule has 0 bridgehead atoms. The van der Waals surface area contributed by atoms with E-state index in [4.69, 9.17) is 0 Å². The molecule has 7 heteroatoms. The second-order valence-electron chi connectivity index (χ2n) is 7.51. The highest BCUT2D eigenvalue weighted by molar-refractivity contribution is 5.45. The van der Waals surface area contributed by atoms with Gasteiger partial charge in [0.15, 0.2) is 5.82 Å². The summed E-state index contributed by atoms with van der Waals surface area (Å²) < 4.78 is 0. The minimum Gasteiger partial charge on any atom is -0.352 e. The van der Waals surface area contributed by atoms with Crippen LogP contribution in [0, 0.1) is 0 Å². The second kappa shape index (κ2) is 6.79. The fraction of sp³-hybridized carbons (Fsp3) is 0.579. The van der Waals surface area contributed by atoms with Crippen molar-refractivity contribution >= 4 is 11.8 Å². The molecule has 2 fully saturated rings. The lowest BCUT2D eigenvalue weighted by atomic mass is 9.96. The van der Waals surface area contributed by atoms with Gasteiger partial charge in [-0.25, -0.2) is 9.97 Å². The summed E-state index contributed by atoms with van der Waals surface area (Å²) in [5.41, 5.74) is 2.64. The molecule has 0 spiro atoms. The van der Waals surface area contributed by atoms with Gasteiger partial charge in [-0.1, -0.05) is 0 Å². The van der Waals surface area contributed by atoms with Crippen LogP contribution in [-0.2, 0) is 12.8 Å². The number of rotatable bonds is 3. The van der Waals surface area contributed by atoms with E-state index in [1.807, 2.05) is 18.5 Å². The molecule has 3 aliphatic rings. The Balaban J connectivity index is 1.15. The topological polar surface area (TPSA) is 61.3 Å². The first-order valence-corrected chi connectivity index (χ1v) is 9.73. The average molecular weight is 351 g/mol. The number of anilines is 2. The van der Waals surface area contributed by atoms with Gasteiger partial charge in [-0.05, 0) is 43.4 Å². The number of piperazine rings is 1. The molecular formula is C19H25N7. The first-order valence-electron chi connectivity index (χ1n) is 9.73. The Morgan fingerprint density at radius 2 is 1.62 bits per heavy atom. The minimum atomic E-state index is 0.631. The fourth-order valence-electron chi connectivity index (χ4n) is 4.25. The Labute approximate surface area is 154 Å². The van der Waals surface area contributed by atoms with Crippen molar-refractivity contribution in [3.8, 4) is 0 Å². The van der Waals surface area contributed by atoms with E-state index in [1.165, 1.54) is 30.5 Å². The zero-order valence-electron chi connectivity index (χ0n) is 15.1. The predicted octanol–water partition coefficient (Wildman–Crippen LogP) is 1.16. The van der Waals surface area contributed by atoms with E-state index in [0.717, 1.165) is 57.5 Å².